The van der Waals surface area contributed by atoms with Crippen LogP contribution in [0.15, 0.2) is 18.2 Å². The van der Waals surface area contributed by atoms with Gasteiger partial charge in [0, 0.05) is 6.92 Å². The van der Waals surface area contributed by atoms with Crippen LogP contribution in [0.2, 0.25) is 0 Å². The average Bonchev–Trinajstić information content (AvgIpc) is 3.00. The second-order valence-corrected chi connectivity index (χ2v) is 7.60. The smallest absolute Gasteiger partial charge is 0.303 e. The van der Waals surface area contributed by atoms with E-state index in [0.29, 0.717) is 30.9 Å². The monoisotopic (exact) mass is 419 g/mol. The number of imide groups is 1. The van der Waals surface area contributed by atoms with E-state index in [2.05, 4.69) is 0 Å². The summed E-state index contributed by atoms with van der Waals surface area (Å²) in [5.41, 5.74) is 1.04. The van der Waals surface area contributed by atoms with Crippen LogP contribution in [0.25, 0.3) is 0 Å². The van der Waals surface area contributed by atoms with Gasteiger partial charge in [-0.25, -0.2) is 0 Å². The molecule has 0 aromatic heterocycles. The number of ether oxygens (including phenoxy) is 4. The zero-order chi connectivity index (χ0) is 21.7. The number of esters is 1. The zero-order valence-electron chi connectivity index (χ0n) is 17.7. The maximum absolute atomic E-state index is 12.7. The fourth-order valence-electron chi connectivity index (χ4n) is 4.19. The van der Waals surface area contributed by atoms with Crippen LogP contribution in [0.1, 0.15) is 44.6 Å². The van der Waals surface area contributed by atoms with E-state index in [1.807, 2.05) is 18.2 Å². The molecule has 1 unspecified atom stereocenters. The van der Waals surface area contributed by atoms with E-state index in [9.17, 15) is 14.4 Å². The number of carbonyl (C=O) groups excluding carboxylic acids is 3. The molecular formula is C22H29NO7. The van der Waals surface area contributed by atoms with Gasteiger partial charge in [-0.1, -0.05) is 18.9 Å². The number of rotatable bonds is 8. The predicted molar refractivity (Wildman–Crippen MR) is 107 cm³/mol. The summed E-state index contributed by atoms with van der Waals surface area (Å²) in [6.07, 6.45) is 2.75. The van der Waals surface area contributed by atoms with Crippen molar-refractivity contribution in [2.45, 2.75) is 63.7 Å². The molecule has 3 rings (SSSR count). The highest BCUT2D eigenvalue weighted by atomic mass is 16.5. The molecule has 30 heavy (non-hydrogen) atoms. The van der Waals surface area contributed by atoms with Gasteiger partial charge in [-0.05, 0) is 37.0 Å². The minimum atomic E-state index is -1.01. The van der Waals surface area contributed by atoms with Gasteiger partial charge >= 0.3 is 5.97 Å². The first-order valence-corrected chi connectivity index (χ1v) is 10.3. The van der Waals surface area contributed by atoms with E-state index in [0.717, 1.165) is 24.8 Å². The van der Waals surface area contributed by atoms with Crippen molar-refractivity contribution in [3.05, 3.63) is 23.8 Å². The normalized spacial score (nSPS) is 24.1. The van der Waals surface area contributed by atoms with Gasteiger partial charge < -0.3 is 18.9 Å². The Morgan fingerprint density at radius 2 is 1.83 bits per heavy atom. The highest BCUT2D eigenvalue weighted by Crippen LogP contribution is 2.31. The van der Waals surface area contributed by atoms with Crippen LogP contribution in [-0.2, 0) is 30.3 Å². The summed E-state index contributed by atoms with van der Waals surface area (Å²) in [5, 5.41) is 0. The number of benzene rings is 1. The molecule has 0 radical (unpaired) electrons. The van der Waals surface area contributed by atoms with Crippen molar-refractivity contribution < 1.29 is 33.3 Å². The summed E-state index contributed by atoms with van der Waals surface area (Å²) in [4.78, 5) is 37.6. The van der Waals surface area contributed by atoms with Crippen molar-refractivity contribution in [1.82, 2.24) is 4.90 Å². The summed E-state index contributed by atoms with van der Waals surface area (Å²) in [6.45, 7) is 1.70. The molecule has 2 amide bonds. The Hall–Kier alpha value is -2.61. The topological polar surface area (TPSA) is 91.4 Å². The Balaban J connectivity index is 1.62. The summed E-state index contributed by atoms with van der Waals surface area (Å²) >= 11 is 0. The van der Waals surface area contributed by atoms with Gasteiger partial charge in [0.1, 0.15) is 0 Å². The lowest BCUT2D eigenvalue weighted by molar-refractivity contribution is -0.158. The lowest BCUT2D eigenvalue weighted by atomic mass is 9.91. The van der Waals surface area contributed by atoms with Crippen LogP contribution >= 0.6 is 0 Å². The lowest BCUT2D eigenvalue weighted by Crippen LogP contribution is -2.50. The number of carbonyl (C=O) groups is 3. The summed E-state index contributed by atoms with van der Waals surface area (Å²) < 4.78 is 21.7. The molecule has 0 bridgehead atoms. The molecule has 1 heterocycles. The highest BCUT2D eigenvalue weighted by molar-refractivity contribution is 6.06. The Labute approximate surface area is 176 Å². The maximum atomic E-state index is 12.7. The first-order chi connectivity index (χ1) is 14.4. The third-order valence-corrected chi connectivity index (χ3v) is 5.62. The third kappa shape index (κ3) is 4.92. The van der Waals surface area contributed by atoms with Gasteiger partial charge in [-0.2, -0.15) is 0 Å². The van der Waals surface area contributed by atoms with Gasteiger partial charge in [-0.3, -0.25) is 19.3 Å². The molecule has 8 nitrogen and oxygen atoms in total. The van der Waals surface area contributed by atoms with Crippen LogP contribution in [0.4, 0.5) is 0 Å². The molecule has 1 aromatic rings. The van der Waals surface area contributed by atoms with Crippen LogP contribution < -0.4 is 9.47 Å². The molecule has 164 valence electrons. The predicted octanol–water partition coefficient (Wildman–Crippen LogP) is 2.26. The van der Waals surface area contributed by atoms with Crippen molar-refractivity contribution in [2.24, 2.45) is 0 Å². The van der Waals surface area contributed by atoms with E-state index in [1.54, 1.807) is 14.2 Å². The quantitative estimate of drug-likeness (QED) is 0.471. The molecule has 1 saturated heterocycles. The SMILES string of the molecule is COc1ccc(CCO[C@H]2CCCCC2N2C(=O)C[C@@H](OC(C)=O)C2=O)cc1OC. The molecule has 1 aromatic carbocycles. The Morgan fingerprint density at radius 1 is 1.10 bits per heavy atom. The van der Waals surface area contributed by atoms with E-state index >= 15 is 0 Å². The molecule has 2 aliphatic rings. The minimum Gasteiger partial charge on any atom is -0.493 e. The summed E-state index contributed by atoms with van der Waals surface area (Å²) in [6, 6.07) is 5.41. The van der Waals surface area contributed by atoms with Crippen molar-refractivity contribution >= 4 is 17.8 Å². The molecule has 1 saturated carbocycles. The average molecular weight is 419 g/mol. The van der Waals surface area contributed by atoms with Crippen LogP contribution in [0, 0.1) is 0 Å². The number of nitrogens with zero attached hydrogens (tertiary/aromatic N) is 1. The third-order valence-electron chi connectivity index (χ3n) is 5.62. The summed E-state index contributed by atoms with van der Waals surface area (Å²) in [7, 11) is 3.19. The molecular weight excluding hydrogens is 390 g/mol. The number of amides is 2. The van der Waals surface area contributed by atoms with Gasteiger partial charge in [0.25, 0.3) is 5.91 Å². The van der Waals surface area contributed by atoms with Gasteiger partial charge in [0.05, 0.1) is 39.4 Å². The van der Waals surface area contributed by atoms with E-state index in [-0.39, 0.29) is 24.5 Å². The first-order valence-electron chi connectivity index (χ1n) is 10.3. The number of hydrogen-bond donors (Lipinski definition) is 0. The molecule has 3 atom stereocenters. The van der Waals surface area contributed by atoms with Crippen LogP contribution in [0.3, 0.4) is 0 Å². The zero-order valence-corrected chi connectivity index (χ0v) is 17.7. The van der Waals surface area contributed by atoms with E-state index < -0.39 is 18.0 Å². The second-order valence-electron chi connectivity index (χ2n) is 7.60. The van der Waals surface area contributed by atoms with Crippen molar-refractivity contribution in [3.8, 4) is 11.5 Å². The summed E-state index contributed by atoms with van der Waals surface area (Å²) in [5.74, 6) is 0.0369. The fraction of sp³-hybridized carbons (Fsp3) is 0.591. The lowest BCUT2D eigenvalue weighted by Gasteiger charge is -2.36. The molecule has 8 heteroatoms. The number of hydrogen-bond acceptors (Lipinski definition) is 7. The Morgan fingerprint density at radius 3 is 2.53 bits per heavy atom. The van der Waals surface area contributed by atoms with Crippen molar-refractivity contribution in [1.29, 1.82) is 0 Å². The fourth-order valence-corrected chi connectivity index (χ4v) is 4.19. The second kappa shape index (κ2) is 9.93. The van der Waals surface area contributed by atoms with Gasteiger partial charge in [-0.15, -0.1) is 0 Å². The standard InChI is InChI=1S/C22H29NO7/c1-14(24)30-20-13-21(25)23(22(20)26)16-6-4-5-7-17(16)29-11-10-15-8-9-18(27-2)19(12-15)28-3/h8-9,12,16-17,20H,4-7,10-11,13H2,1-3H3/t16?,17-,20+/m0/s1. The van der Waals surface area contributed by atoms with Crippen molar-refractivity contribution in [3.63, 3.8) is 0 Å². The van der Waals surface area contributed by atoms with Crippen LogP contribution in [-0.4, -0.2) is 61.8 Å². The molecule has 0 N–H and O–H groups in total. The minimum absolute atomic E-state index is 0.0900. The molecule has 1 aliphatic carbocycles. The number of methoxy groups -OCH3 is 2. The van der Waals surface area contributed by atoms with Crippen LogP contribution in [0.5, 0.6) is 11.5 Å². The largest absolute Gasteiger partial charge is 0.493 e. The van der Waals surface area contributed by atoms with E-state index in [1.165, 1.54) is 11.8 Å². The van der Waals surface area contributed by atoms with Gasteiger partial charge in [0.15, 0.2) is 17.6 Å². The highest BCUT2D eigenvalue weighted by Gasteiger charge is 2.47. The molecule has 2 fully saturated rings. The van der Waals surface area contributed by atoms with Gasteiger partial charge in [0.2, 0.25) is 5.91 Å². The first kappa shape index (κ1) is 22.1. The maximum Gasteiger partial charge on any atom is 0.303 e. The Kier molecular flexibility index (Phi) is 7.31. The van der Waals surface area contributed by atoms with E-state index in [4.69, 9.17) is 18.9 Å². The number of likely N-dealkylation sites (tertiary alicyclic amines) is 1. The Bertz CT molecular complexity index is 794. The molecule has 0 spiro atoms. The van der Waals surface area contributed by atoms with Crippen molar-refractivity contribution in [2.75, 3.05) is 20.8 Å². The molecule has 1 aliphatic heterocycles.